The SMILES string of the molecule is Cc1cc(C2CN(Cc3cc(C)ccc3-c3cc(C(F)(F)F)ccc3C)C(=O)O2)cc(C(F)(F)F)c1.Cc1cc(C2CN(Cc3cc(C)ccc3-c3cc(C(F)F)ccc3C)C(=O)O2)cc(C(F)(F)F)c1.Cc1cc([C@H]2OC(=O)N(Cc3cc(C)ccc3-c3cc(C(C)C)c(F)c(O)c3C)[C@H]2C)cc(C(F)(F)F)c1.Cc1cc([C@H]2OC(=O)N(Cc3cc(C)ccc3-c3cc(C(C)C)c(F)c(O)c3O)[C@H]2C)cc(C(F)(F)F)c1. The lowest BCUT2D eigenvalue weighted by Crippen LogP contribution is -2.31. The summed E-state index contributed by atoms with van der Waals surface area (Å²) in [7, 11) is 0. The van der Waals surface area contributed by atoms with Crippen LogP contribution in [0.1, 0.15) is 234 Å². The summed E-state index contributed by atoms with van der Waals surface area (Å²) in [6.07, 6.45) is -31.5. The van der Waals surface area contributed by atoms with Gasteiger partial charge in [0.15, 0.2) is 28.9 Å². The van der Waals surface area contributed by atoms with Crippen LogP contribution in [0.15, 0.2) is 194 Å². The smallest absolute Gasteiger partial charge is 0.416 e. The van der Waals surface area contributed by atoms with Gasteiger partial charge in [0.25, 0.3) is 6.43 Å². The molecule has 2 unspecified atom stereocenters. The lowest BCUT2D eigenvalue weighted by atomic mass is 9.89. The quantitative estimate of drug-likeness (QED) is 0.0398. The Balaban J connectivity index is 0.000000164. The number of alkyl halides is 17. The number of benzene rings is 12. The summed E-state index contributed by atoms with van der Waals surface area (Å²) in [5.74, 6) is -3.87. The Kier molecular flexibility index (Phi) is 32.2. The molecule has 4 saturated heterocycles. The van der Waals surface area contributed by atoms with E-state index in [1.54, 1.807) is 135 Å². The van der Waals surface area contributed by atoms with Crippen molar-refractivity contribution >= 4 is 24.4 Å². The molecular weight excluding hydrogens is 1950 g/mol. The summed E-state index contributed by atoms with van der Waals surface area (Å²) in [5, 5.41) is 31.4. The second kappa shape index (κ2) is 43.1. The number of phenols is 3. The standard InChI is InChI=1S/C30H31F4NO3.C29H29F4NO4.C27H23F6NO2.C27H24F5NO2/c1-15(2)24-13-25(18(5)27(36)26(24)31)23-8-7-16(3)9-21(23)14-35-19(6)28(38-29(35)37)20-10-17(4)11-22(12-20)30(32,33)34;1-14(2)22-12-23(25(35)26(36)24(22)30)21-7-6-15(3)8-19(21)13-34-17(5)27(38-28(34)37)18-9-16(4)10-20(11-18)29(31,32)33;1-15-4-7-22(23-12-20(26(28,29)30)6-5-17(23)3)19(8-15)13-34-14-24(36-25(34)35)18-9-16(2)10-21(11-18)27(31,32)33;1-15-4-7-22(23-12-18(25(28)29)6-5-17(23)3)20(8-15)13-33-14-24(35-26(33)34)19-9-16(2)10-21(11-19)27(30,31)32/h7-13,15,19,28,36H,14H2,1-6H3;6-12,14,17,27,35-36H,13H2,1-5H3;4-12,24H,13-14H2,1-3H3;4-12,24-25H,13-14H2,1-3H3/t19-,28-;17-,27-;;/m00../s1. The first kappa shape index (κ1) is 110. The van der Waals surface area contributed by atoms with Gasteiger partial charge in [0.1, 0.15) is 24.4 Å². The van der Waals surface area contributed by atoms with Crippen LogP contribution in [0.5, 0.6) is 17.2 Å². The molecule has 147 heavy (non-hydrogen) atoms. The van der Waals surface area contributed by atoms with E-state index >= 15 is 0 Å². The number of carbonyl (C=O) groups excluding carboxylic acids is 4. The van der Waals surface area contributed by atoms with Gasteiger partial charge in [0.05, 0.1) is 66.1 Å². The van der Waals surface area contributed by atoms with Gasteiger partial charge in [-0.2, -0.15) is 65.9 Å². The van der Waals surface area contributed by atoms with Crippen LogP contribution in [0, 0.1) is 87.8 Å². The van der Waals surface area contributed by atoms with E-state index in [1.165, 1.54) is 50.8 Å². The first-order chi connectivity index (χ1) is 68.5. The average molecular weight is 2060 g/mol. The van der Waals surface area contributed by atoms with Gasteiger partial charge < -0.3 is 34.3 Å². The third kappa shape index (κ3) is 25.0. The Hall–Kier alpha value is -14.2. The minimum atomic E-state index is -4.54. The Labute approximate surface area is 837 Å². The summed E-state index contributed by atoms with van der Waals surface area (Å²) >= 11 is 0. The minimum Gasteiger partial charge on any atom is -0.505 e. The molecule has 15 nitrogen and oxygen atoms in total. The molecule has 778 valence electrons. The molecular formula is C113H107F19N4O11. The molecule has 0 saturated carbocycles. The highest BCUT2D eigenvalue weighted by Gasteiger charge is 2.46. The number of ether oxygens (including phenoxy) is 4. The van der Waals surface area contributed by atoms with Crippen LogP contribution >= 0.6 is 0 Å². The molecule has 0 bridgehead atoms. The van der Waals surface area contributed by atoms with Crippen LogP contribution in [-0.2, 0) is 76.0 Å². The van der Waals surface area contributed by atoms with Crippen LogP contribution in [0.3, 0.4) is 0 Å². The number of aryl methyl sites for hydroxylation is 10. The lowest BCUT2D eigenvalue weighted by molar-refractivity contribution is -0.138. The predicted molar refractivity (Wildman–Crippen MR) is 516 cm³/mol. The predicted octanol–water partition coefficient (Wildman–Crippen LogP) is 32.0. The highest BCUT2D eigenvalue weighted by molar-refractivity contribution is 5.81. The summed E-state index contributed by atoms with van der Waals surface area (Å²) in [6.45, 7) is 29.8. The fraction of sp³-hybridized carbons (Fsp3) is 0.327. The second-order valence-electron chi connectivity index (χ2n) is 38.6. The van der Waals surface area contributed by atoms with Crippen LogP contribution < -0.4 is 0 Å². The molecule has 4 aliphatic rings. The molecule has 0 radical (unpaired) electrons. The zero-order chi connectivity index (χ0) is 108. The first-order valence-electron chi connectivity index (χ1n) is 46.8. The van der Waals surface area contributed by atoms with Gasteiger partial charge in [0, 0.05) is 29.8 Å². The average Bonchev–Trinajstić information content (AvgIpc) is 1.73. The van der Waals surface area contributed by atoms with E-state index < -0.39 is 155 Å². The maximum absolute atomic E-state index is 14.7. The fourth-order valence-corrected chi connectivity index (χ4v) is 18.7. The van der Waals surface area contributed by atoms with E-state index in [0.717, 1.165) is 105 Å². The van der Waals surface area contributed by atoms with E-state index in [9.17, 15) is 118 Å². The number of phenolic OH excluding ortho intramolecular Hbond substituents is 3. The molecule has 4 fully saturated rings. The lowest BCUT2D eigenvalue weighted by Gasteiger charge is -2.24. The Bertz CT molecular complexity index is 6820. The van der Waals surface area contributed by atoms with Crippen molar-refractivity contribution in [3.8, 4) is 61.8 Å². The van der Waals surface area contributed by atoms with Crippen molar-refractivity contribution in [2.45, 2.75) is 230 Å². The largest absolute Gasteiger partial charge is 0.505 e. The number of nitrogens with zero attached hydrogens (tertiary/aromatic N) is 4. The van der Waals surface area contributed by atoms with E-state index in [0.29, 0.717) is 83.5 Å². The van der Waals surface area contributed by atoms with Crippen molar-refractivity contribution in [3.05, 3.63) is 356 Å². The number of amides is 4. The summed E-state index contributed by atoms with van der Waals surface area (Å²) in [4.78, 5) is 56.9. The minimum absolute atomic E-state index is 0.00847. The summed E-state index contributed by atoms with van der Waals surface area (Å²) in [6, 6.07) is 46.3. The van der Waals surface area contributed by atoms with Gasteiger partial charge in [-0.25, -0.2) is 36.7 Å². The first-order valence-corrected chi connectivity index (χ1v) is 46.8. The van der Waals surface area contributed by atoms with Gasteiger partial charge in [-0.05, 0) is 286 Å². The highest BCUT2D eigenvalue weighted by atomic mass is 19.4. The molecule has 4 aliphatic heterocycles. The van der Waals surface area contributed by atoms with Gasteiger partial charge in [0.2, 0.25) is 0 Å². The van der Waals surface area contributed by atoms with Crippen molar-refractivity contribution in [1.29, 1.82) is 0 Å². The molecule has 6 atom stereocenters. The molecule has 4 amide bonds. The molecule has 16 rings (SSSR count). The zero-order valence-electron chi connectivity index (χ0n) is 83.0. The Morgan fingerprint density at radius 3 is 0.980 bits per heavy atom. The van der Waals surface area contributed by atoms with Crippen LogP contribution in [0.2, 0.25) is 0 Å². The van der Waals surface area contributed by atoms with Crippen molar-refractivity contribution in [3.63, 3.8) is 0 Å². The third-order valence-corrected chi connectivity index (χ3v) is 26.4. The monoisotopic (exact) mass is 2060 g/mol. The normalized spacial score (nSPS) is 17.1. The molecule has 12 aromatic carbocycles. The van der Waals surface area contributed by atoms with E-state index in [2.05, 4.69) is 0 Å². The zero-order valence-corrected chi connectivity index (χ0v) is 83.0. The highest BCUT2D eigenvalue weighted by Crippen LogP contribution is 2.50. The van der Waals surface area contributed by atoms with Crippen molar-refractivity contribution in [2.75, 3.05) is 13.1 Å². The molecule has 0 aliphatic carbocycles. The van der Waals surface area contributed by atoms with Crippen LogP contribution in [0.4, 0.5) is 103 Å². The third-order valence-electron chi connectivity index (χ3n) is 26.4. The number of rotatable bonds is 19. The maximum atomic E-state index is 14.7. The van der Waals surface area contributed by atoms with E-state index in [-0.39, 0.29) is 90.0 Å². The molecule has 0 aromatic heterocycles. The van der Waals surface area contributed by atoms with Crippen molar-refractivity contribution in [2.24, 2.45) is 0 Å². The van der Waals surface area contributed by atoms with Crippen molar-refractivity contribution in [1.82, 2.24) is 19.6 Å². The van der Waals surface area contributed by atoms with E-state index in [4.69, 9.17) is 18.9 Å². The number of halogens is 19. The Morgan fingerprint density at radius 2 is 0.626 bits per heavy atom. The number of cyclic esters (lactones) is 4. The molecule has 3 N–H and O–H groups in total. The second-order valence-corrected chi connectivity index (χ2v) is 38.6. The van der Waals surface area contributed by atoms with Crippen LogP contribution in [-0.4, -0.2) is 84.5 Å². The van der Waals surface area contributed by atoms with Gasteiger partial charge in [-0.3, -0.25) is 19.6 Å². The number of hydrogen-bond acceptors (Lipinski definition) is 11. The van der Waals surface area contributed by atoms with Gasteiger partial charge in [-0.1, -0.05) is 187 Å². The molecule has 0 spiro atoms. The number of carbonyl (C=O) groups is 4. The van der Waals surface area contributed by atoms with Crippen molar-refractivity contribution < 1.29 is 137 Å². The topological polar surface area (TPSA) is 179 Å². The number of aromatic hydroxyl groups is 3. The summed E-state index contributed by atoms with van der Waals surface area (Å²) in [5.41, 5.74) is 11.5. The van der Waals surface area contributed by atoms with E-state index in [1.807, 2.05) is 84.9 Å². The maximum Gasteiger partial charge on any atom is 0.416 e. The van der Waals surface area contributed by atoms with Crippen LogP contribution in [0.25, 0.3) is 44.5 Å². The van der Waals surface area contributed by atoms with Gasteiger partial charge >= 0.3 is 55.3 Å². The summed E-state index contributed by atoms with van der Waals surface area (Å²) < 4.78 is 278. The Morgan fingerprint density at radius 1 is 0.313 bits per heavy atom. The molecule has 4 heterocycles. The molecule has 12 aromatic rings. The van der Waals surface area contributed by atoms with Gasteiger partial charge in [-0.15, -0.1) is 0 Å². The molecule has 34 heteroatoms. The fourth-order valence-electron chi connectivity index (χ4n) is 18.7. The number of hydrogen-bond donors (Lipinski definition) is 3.